The highest BCUT2D eigenvalue weighted by molar-refractivity contribution is 5.87. The van der Waals surface area contributed by atoms with Gasteiger partial charge in [-0.3, -0.25) is 4.90 Å². The average Bonchev–Trinajstić information content (AvgIpc) is 2.73. The molecular formula is C18H29NO6. The summed E-state index contributed by atoms with van der Waals surface area (Å²) in [4.78, 5) is 36.9. The molecule has 3 unspecified atom stereocenters. The molecule has 2 N–H and O–H groups in total. The number of rotatable bonds is 3. The first-order chi connectivity index (χ1) is 11.2. The molecule has 1 fully saturated rings. The van der Waals surface area contributed by atoms with Gasteiger partial charge in [-0.15, -0.1) is 0 Å². The van der Waals surface area contributed by atoms with Crippen LogP contribution in [0.3, 0.4) is 0 Å². The van der Waals surface area contributed by atoms with Gasteiger partial charge in [-0.2, -0.15) is 0 Å². The van der Waals surface area contributed by atoms with Crippen molar-refractivity contribution in [2.45, 2.75) is 60.5 Å². The number of nitrogens with zero attached hydrogens (tertiary/aromatic N) is 1. The molecule has 3 atom stereocenters. The van der Waals surface area contributed by atoms with Gasteiger partial charge in [-0.25, -0.2) is 14.4 Å². The molecule has 0 saturated carbocycles. The highest BCUT2D eigenvalue weighted by atomic mass is 16.5. The summed E-state index contributed by atoms with van der Waals surface area (Å²) in [5.41, 5.74) is -0.660. The number of carbonyl (C=O) groups is 3. The zero-order valence-electron chi connectivity index (χ0n) is 16.0. The van der Waals surface area contributed by atoms with Gasteiger partial charge in [0.2, 0.25) is 0 Å². The van der Waals surface area contributed by atoms with E-state index in [9.17, 15) is 24.6 Å². The first-order valence-corrected chi connectivity index (χ1v) is 8.35. The summed E-state index contributed by atoms with van der Waals surface area (Å²) in [6.07, 6.45) is -0.0253. The van der Waals surface area contributed by atoms with E-state index in [0.717, 1.165) is 4.90 Å². The Bertz CT molecular complexity index is 541. The lowest BCUT2D eigenvalue weighted by Crippen LogP contribution is -2.50. The zero-order chi connectivity index (χ0) is 19.7. The van der Waals surface area contributed by atoms with E-state index in [1.165, 1.54) is 6.08 Å². The Morgan fingerprint density at radius 2 is 1.60 bits per heavy atom. The van der Waals surface area contributed by atoms with Crippen LogP contribution >= 0.6 is 0 Å². The molecule has 1 amide bonds. The van der Waals surface area contributed by atoms with Gasteiger partial charge < -0.3 is 14.9 Å². The van der Waals surface area contributed by atoms with Crippen molar-refractivity contribution >= 4 is 18.0 Å². The Morgan fingerprint density at radius 1 is 1.08 bits per heavy atom. The summed E-state index contributed by atoms with van der Waals surface area (Å²) in [5, 5.41) is 19.5. The first-order valence-electron chi connectivity index (χ1n) is 8.35. The maximum atomic E-state index is 12.1. The van der Waals surface area contributed by atoms with Crippen molar-refractivity contribution in [1.82, 2.24) is 4.90 Å². The number of likely N-dealkylation sites (tertiary alicyclic amines) is 1. The molecule has 7 nitrogen and oxygen atoms in total. The van der Waals surface area contributed by atoms with Gasteiger partial charge in [0, 0.05) is 12.0 Å². The molecular weight excluding hydrogens is 326 g/mol. The van der Waals surface area contributed by atoms with Crippen LogP contribution in [-0.2, 0) is 14.3 Å². The van der Waals surface area contributed by atoms with Crippen molar-refractivity contribution in [3.63, 3.8) is 0 Å². The van der Waals surface area contributed by atoms with E-state index in [-0.39, 0.29) is 6.61 Å². The standard InChI is InChI=1S/C18H29NO6/c1-8-25-11(20)9-10-12(17(2,3)4)13(15(21)22)19(16(23)24)14(10)18(5,6)7/h9,12-14H,8H2,1-7H3,(H,21,22)(H,23,24). The predicted octanol–water partition coefficient (Wildman–Crippen LogP) is 3.00. The third-order valence-electron chi connectivity index (χ3n) is 4.37. The quantitative estimate of drug-likeness (QED) is 0.596. The average molecular weight is 355 g/mol. The number of hydrogen-bond donors (Lipinski definition) is 2. The van der Waals surface area contributed by atoms with Crippen LogP contribution in [0.5, 0.6) is 0 Å². The fourth-order valence-electron chi connectivity index (χ4n) is 3.70. The Kier molecular flexibility index (Phi) is 5.93. The maximum Gasteiger partial charge on any atom is 0.408 e. The van der Waals surface area contributed by atoms with Gasteiger partial charge in [0.1, 0.15) is 6.04 Å². The van der Waals surface area contributed by atoms with Crippen LogP contribution in [0.25, 0.3) is 0 Å². The van der Waals surface area contributed by atoms with Gasteiger partial charge in [0.05, 0.1) is 12.6 Å². The lowest BCUT2D eigenvalue weighted by Gasteiger charge is -2.35. The molecule has 1 saturated heterocycles. The van der Waals surface area contributed by atoms with Crippen molar-refractivity contribution in [1.29, 1.82) is 0 Å². The number of carbonyl (C=O) groups excluding carboxylic acids is 1. The number of aliphatic carboxylic acids is 1. The normalized spacial score (nSPS) is 26.0. The monoisotopic (exact) mass is 355 g/mol. The molecule has 1 rings (SSSR count). The number of carboxylic acid groups (broad SMARTS) is 2. The van der Waals surface area contributed by atoms with Crippen LogP contribution in [0.2, 0.25) is 0 Å². The highest BCUT2D eigenvalue weighted by Gasteiger charge is 2.57. The Labute approximate surface area is 148 Å². The van der Waals surface area contributed by atoms with Gasteiger partial charge >= 0.3 is 18.0 Å². The minimum absolute atomic E-state index is 0.188. The van der Waals surface area contributed by atoms with Crippen molar-refractivity contribution in [3.05, 3.63) is 11.6 Å². The third kappa shape index (κ3) is 4.32. The molecule has 0 aliphatic carbocycles. The Hall–Kier alpha value is -2.05. The van der Waals surface area contributed by atoms with E-state index in [0.29, 0.717) is 5.57 Å². The molecule has 7 heteroatoms. The summed E-state index contributed by atoms with van der Waals surface area (Å²) in [7, 11) is 0. The maximum absolute atomic E-state index is 12.1. The second-order valence-corrected chi connectivity index (χ2v) is 8.48. The molecule has 0 spiro atoms. The first kappa shape index (κ1) is 21.0. The second-order valence-electron chi connectivity index (χ2n) is 8.48. The van der Waals surface area contributed by atoms with E-state index in [4.69, 9.17) is 4.74 Å². The van der Waals surface area contributed by atoms with Crippen LogP contribution < -0.4 is 0 Å². The van der Waals surface area contributed by atoms with Crippen molar-refractivity contribution in [2.24, 2.45) is 16.7 Å². The molecule has 1 aliphatic heterocycles. The Morgan fingerprint density at radius 3 is 1.92 bits per heavy atom. The lowest BCUT2D eigenvalue weighted by molar-refractivity contribution is -0.144. The van der Waals surface area contributed by atoms with Crippen molar-refractivity contribution < 1.29 is 29.3 Å². The predicted molar refractivity (Wildman–Crippen MR) is 92.2 cm³/mol. The summed E-state index contributed by atoms with van der Waals surface area (Å²) in [6.45, 7) is 12.9. The van der Waals surface area contributed by atoms with Gasteiger partial charge in [-0.05, 0) is 23.3 Å². The third-order valence-corrected chi connectivity index (χ3v) is 4.37. The molecule has 1 heterocycles. The SMILES string of the molecule is CCOC(=O)C=C1C(C(C)(C)C)C(C(=O)O)N(C(=O)O)C1C(C)(C)C. The summed E-state index contributed by atoms with van der Waals surface area (Å²) in [5.74, 6) is -2.45. The van der Waals surface area contributed by atoms with E-state index in [1.54, 1.807) is 6.92 Å². The van der Waals surface area contributed by atoms with Gasteiger partial charge in [-0.1, -0.05) is 41.5 Å². The number of carboxylic acids is 1. The summed E-state index contributed by atoms with van der Waals surface area (Å²) >= 11 is 0. The second kappa shape index (κ2) is 7.06. The molecule has 0 radical (unpaired) electrons. The molecule has 0 aromatic heterocycles. The molecule has 25 heavy (non-hydrogen) atoms. The van der Waals surface area contributed by atoms with E-state index >= 15 is 0 Å². The molecule has 0 aromatic carbocycles. The van der Waals surface area contributed by atoms with Crippen LogP contribution in [0.4, 0.5) is 4.79 Å². The topological polar surface area (TPSA) is 104 Å². The summed E-state index contributed by atoms with van der Waals surface area (Å²) < 4.78 is 4.99. The van der Waals surface area contributed by atoms with Gasteiger partial charge in [0.15, 0.2) is 0 Å². The van der Waals surface area contributed by atoms with E-state index < -0.39 is 46.9 Å². The smallest absolute Gasteiger partial charge is 0.408 e. The van der Waals surface area contributed by atoms with Crippen LogP contribution in [0.15, 0.2) is 11.6 Å². The number of hydrogen-bond acceptors (Lipinski definition) is 4. The summed E-state index contributed by atoms with van der Waals surface area (Å²) in [6, 6.07) is -2.00. The number of amides is 1. The molecule has 0 bridgehead atoms. The largest absolute Gasteiger partial charge is 0.480 e. The number of esters is 1. The molecule has 142 valence electrons. The fraction of sp³-hybridized carbons (Fsp3) is 0.722. The van der Waals surface area contributed by atoms with Crippen molar-refractivity contribution in [2.75, 3.05) is 6.61 Å². The number of ether oxygens (including phenoxy) is 1. The minimum atomic E-state index is -1.31. The molecule has 0 aromatic rings. The van der Waals surface area contributed by atoms with E-state index in [1.807, 2.05) is 41.5 Å². The minimum Gasteiger partial charge on any atom is -0.480 e. The Balaban J connectivity index is 3.71. The lowest BCUT2D eigenvalue weighted by atomic mass is 9.70. The van der Waals surface area contributed by atoms with Crippen molar-refractivity contribution in [3.8, 4) is 0 Å². The van der Waals surface area contributed by atoms with Crippen LogP contribution in [-0.4, -0.2) is 51.8 Å². The zero-order valence-corrected chi connectivity index (χ0v) is 16.0. The fourth-order valence-corrected chi connectivity index (χ4v) is 3.70. The van der Waals surface area contributed by atoms with Crippen LogP contribution in [0.1, 0.15) is 48.5 Å². The van der Waals surface area contributed by atoms with E-state index in [2.05, 4.69) is 0 Å². The van der Waals surface area contributed by atoms with Gasteiger partial charge in [0.25, 0.3) is 0 Å². The molecule has 1 aliphatic rings. The van der Waals surface area contributed by atoms with Crippen LogP contribution in [0, 0.1) is 16.7 Å². The highest BCUT2D eigenvalue weighted by Crippen LogP contribution is 2.50.